The maximum atomic E-state index is 9.42. The monoisotopic (exact) mass is 236 g/mol. The molecule has 0 spiro atoms. The van der Waals surface area contributed by atoms with Crippen LogP contribution in [0, 0.1) is 0 Å². The van der Waals surface area contributed by atoms with Crippen molar-refractivity contribution < 1.29 is 9.84 Å². The summed E-state index contributed by atoms with van der Waals surface area (Å²) >= 11 is 0. The molecule has 4 heteroatoms. The lowest BCUT2D eigenvalue weighted by Gasteiger charge is -2.24. The fraction of sp³-hybridized carbons (Fsp3) is 0.615. The molecule has 1 fully saturated rings. The number of nitrogens with zero attached hydrogens (tertiary/aromatic N) is 2. The van der Waals surface area contributed by atoms with Crippen LogP contribution in [0.15, 0.2) is 18.3 Å². The molecule has 2 rings (SSSR count). The molecular formula is C13H20N2O2. The molecule has 1 aliphatic heterocycles. The van der Waals surface area contributed by atoms with Crippen molar-refractivity contribution in [2.45, 2.75) is 32.5 Å². The largest absolute Gasteiger partial charge is 0.387 e. The Balaban J connectivity index is 2.10. The van der Waals surface area contributed by atoms with Crippen LogP contribution in [-0.2, 0) is 4.74 Å². The van der Waals surface area contributed by atoms with Gasteiger partial charge in [-0.15, -0.1) is 0 Å². The van der Waals surface area contributed by atoms with Crippen LogP contribution in [0.3, 0.4) is 0 Å². The average Bonchev–Trinajstić information content (AvgIpc) is 2.54. The van der Waals surface area contributed by atoms with Crippen LogP contribution in [0.5, 0.6) is 0 Å². The van der Waals surface area contributed by atoms with Crippen LogP contribution < -0.4 is 4.90 Å². The maximum Gasteiger partial charge on any atom is 0.0931 e. The van der Waals surface area contributed by atoms with Gasteiger partial charge in [0.1, 0.15) is 0 Å². The molecular weight excluding hydrogens is 216 g/mol. The zero-order valence-corrected chi connectivity index (χ0v) is 10.5. The molecule has 1 saturated heterocycles. The number of rotatable bonds is 2. The Morgan fingerprint density at radius 2 is 2.35 bits per heavy atom. The molecule has 0 amide bonds. The van der Waals surface area contributed by atoms with Gasteiger partial charge in [-0.1, -0.05) is 0 Å². The molecule has 1 unspecified atom stereocenters. The Bertz CT molecular complexity index is 351. The van der Waals surface area contributed by atoms with Crippen LogP contribution in [0.2, 0.25) is 0 Å². The third kappa shape index (κ3) is 3.17. The number of hydrogen-bond donors (Lipinski definition) is 1. The molecule has 1 aromatic rings. The number of aromatic nitrogens is 1. The summed E-state index contributed by atoms with van der Waals surface area (Å²) in [6.45, 7) is 6.55. The summed E-state index contributed by atoms with van der Waals surface area (Å²) in [7, 11) is 0. The molecule has 0 saturated carbocycles. The van der Waals surface area contributed by atoms with Gasteiger partial charge in [0.05, 0.1) is 29.8 Å². The summed E-state index contributed by atoms with van der Waals surface area (Å²) in [4.78, 5) is 6.56. The predicted molar refractivity (Wildman–Crippen MR) is 67.1 cm³/mol. The second kappa shape index (κ2) is 5.47. The predicted octanol–water partition coefficient (Wildman–Crippen LogP) is 1.75. The molecule has 0 radical (unpaired) electrons. The minimum Gasteiger partial charge on any atom is -0.387 e. The number of pyridine rings is 1. The van der Waals surface area contributed by atoms with Crippen molar-refractivity contribution in [1.29, 1.82) is 0 Å². The SMILES string of the molecule is CC1CN(c2ccc([C@H](C)O)nc2)CCCO1. The molecule has 17 heavy (non-hydrogen) atoms. The van der Waals surface area contributed by atoms with E-state index in [0.717, 1.165) is 31.8 Å². The van der Waals surface area contributed by atoms with Crippen molar-refractivity contribution in [3.05, 3.63) is 24.0 Å². The molecule has 2 heterocycles. The minimum atomic E-state index is -0.504. The number of aliphatic hydroxyl groups excluding tert-OH is 1. The van der Waals surface area contributed by atoms with Crippen LogP contribution in [0.1, 0.15) is 32.1 Å². The number of aliphatic hydroxyl groups is 1. The van der Waals surface area contributed by atoms with E-state index in [2.05, 4.69) is 16.8 Å². The molecule has 0 aliphatic carbocycles. The lowest BCUT2D eigenvalue weighted by Crippen LogP contribution is -2.30. The first kappa shape index (κ1) is 12.3. The summed E-state index contributed by atoms with van der Waals surface area (Å²) in [6, 6.07) is 3.91. The Labute approximate surface area is 102 Å². The number of anilines is 1. The summed E-state index contributed by atoms with van der Waals surface area (Å²) in [6.07, 6.45) is 2.63. The van der Waals surface area contributed by atoms with E-state index in [4.69, 9.17) is 4.74 Å². The van der Waals surface area contributed by atoms with Gasteiger partial charge < -0.3 is 14.7 Å². The van der Waals surface area contributed by atoms with Crippen LogP contribution in [0.4, 0.5) is 5.69 Å². The van der Waals surface area contributed by atoms with Gasteiger partial charge in [-0.25, -0.2) is 0 Å². The molecule has 2 atom stereocenters. The van der Waals surface area contributed by atoms with Crippen molar-refractivity contribution in [3.63, 3.8) is 0 Å². The van der Waals surface area contributed by atoms with Crippen LogP contribution >= 0.6 is 0 Å². The molecule has 0 aromatic carbocycles. The van der Waals surface area contributed by atoms with E-state index in [1.807, 2.05) is 18.3 Å². The highest BCUT2D eigenvalue weighted by Gasteiger charge is 2.15. The minimum absolute atomic E-state index is 0.258. The Morgan fingerprint density at radius 1 is 1.53 bits per heavy atom. The van der Waals surface area contributed by atoms with Crippen LogP contribution in [-0.4, -0.2) is 35.9 Å². The summed E-state index contributed by atoms with van der Waals surface area (Å²) in [5.41, 5.74) is 1.82. The van der Waals surface area contributed by atoms with Crippen molar-refractivity contribution in [2.24, 2.45) is 0 Å². The van der Waals surface area contributed by atoms with Gasteiger partial charge >= 0.3 is 0 Å². The van der Waals surface area contributed by atoms with E-state index in [0.29, 0.717) is 5.69 Å². The maximum absolute atomic E-state index is 9.42. The summed E-state index contributed by atoms with van der Waals surface area (Å²) in [5.74, 6) is 0. The van der Waals surface area contributed by atoms with E-state index in [1.165, 1.54) is 0 Å². The van der Waals surface area contributed by atoms with E-state index in [1.54, 1.807) is 6.92 Å². The van der Waals surface area contributed by atoms with E-state index < -0.39 is 6.10 Å². The smallest absolute Gasteiger partial charge is 0.0931 e. The molecule has 1 aromatic heterocycles. The molecule has 4 nitrogen and oxygen atoms in total. The Morgan fingerprint density at radius 3 is 3.00 bits per heavy atom. The van der Waals surface area contributed by atoms with Crippen LogP contribution in [0.25, 0.3) is 0 Å². The zero-order valence-electron chi connectivity index (χ0n) is 10.5. The van der Waals surface area contributed by atoms with Crippen molar-refractivity contribution >= 4 is 5.69 Å². The summed E-state index contributed by atoms with van der Waals surface area (Å²) in [5, 5.41) is 9.42. The fourth-order valence-corrected chi connectivity index (χ4v) is 2.06. The second-order valence-electron chi connectivity index (χ2n) is 4.60. The Hall–Kier alpha value is -1.13. The van der Waals surface area contributed by atoms with E-state index in [-0.39, 0.29) is 6.10 Å². The van der Waals surface area contributed by atoms with E-state index in [9.17, 15) is 5.11 Å². The first-order valence-corrected chi connectivity index (χ1v) is 6.17. The first-order chi connectivity index (χ1) is 8.16. The second-order valence-corrected chi connectivity index (χ2v) is 4.60. The zero-order chi connectivity index (χ0) is 12.3. The van der Waals surface area contributed by atoms with Gasteiger partial charge in [0, 0.05) is 19.7 Å². The number of ether oxygens (including phenoxy) is 1. The van der Waals surface area contributed by atoms with Gasteiger partial charge in [0.2, 0.25) is 0 Å². The highest BCUT2D eigenvalue weighted by atomic mass is 16.5. The first-order valence-electron chi connectivity index (χ1n) is 6.17. The lowest BCUT2D eigenvalue weighted by atomic mass is 10.2. The number of hydrogen-bond acceptors (Lipinski definition) is 4. The van der Waals surface area contributed by atoms with Gasteiger partial charge in [-0.3, -0.25) is 4.98 Å². The van der Waals surface area contributed by atoms with Crippen molar-refractivity contribution in [3.8, 4) is 0 Å². The van der Waals surface area contributed by atoms with Gasteiger partial charge in [0.25, 0.3) is 0 Å². The fourth-order valence-electron chi connectivity index (χ4n) is 2.06. The van der Waals surface area contributed by atoms with Crippen molar-refractivity contribution in [1.82, 2.24) is 4.98 Å². The highest BCUT2D eigenvalue weighted by molar-refractivity contribution is 5.45. The lowest BCUT2D eigenvalue weighted by molar-refractivity contribution is 0.0821. The van der Waals surface area contributed by atoms with E-state index >= 15 is 0 Å². The van der Waals surface area contributed by atoms with Crippen molar-refractivity contribution in [2.75, 3.05) is 24.6 Å². The third-order valence-electron chi connectivity index (χ3n) is 3.02. The highest BCUT2D eigenvalue weighted by Crippen LogP contribution is 2.18. The topological polar surface area (TPSA) is 45.6 Å². The molecule has 94 valence electrons. The standard InChI is InChI=1S/C13H20N2O2/c1-10-9-15(6-3-7-17-10)12-4-5-13(11(2)16)14-8-12/h4-5,8,10-11,16H,3,6-7,9H2,1-2H3/t10?,11-/m0/s1. The molecule has 0 bridgehead atoms. The summed E-state index contributed by atoms with van der Waals surface area (Å²) < 4.78 is 5.61. The van der Waals surface area contributed by atoms with Gasteiger partial charge in [0.15, 0.2) is 0 Å². The quantitative estimate of drug-likeness (QED) is 0.849. The Kier molecular flexibility index (Phi) is 3.97. The normalized spacial score (nSPS) is 23.2. The molecule has 1 aliphatic rings. The average molecular weight is 236 g/mol. The molecule has 1 N–H and O–H groups in total. The third-order valence-corrected chi connectivity index (χ3v) is 3.02. The van der Waals surface area contributed by atoms with Gasteiger partial charge in [-0.05, 0) is 32.4 Å². The van der Waals surface area contributed by atoms with Gasteiger partial charge in [-0.2, -0.15) is 0 Å².